The molecule has 0 aromatic carbocycles. The van der Waals surface area contributed by atoms with Gasteiger partial charge in [-0.15, -0.1) is 0 Å². The van der Waals surface area contributed by atoms with Crippen molar-refractivity contribution in [2.75, 3.05) is 18.9 Å². The summed E-state index contributed by atoms with van der Waals surface area (Å²) in [5.74, 6) is -1.42. The van der Waals surface area contributed by atoms with Gasteiger partial charge in [0.05, 0.1) is 6.61 Å². The van der Waals surface area contributed by atoms with E-state index in [0.29, 0.717) is 0 Å². The lowest BCUT2D eigenvalue weighted by atomic mass is 10.4. The largest absolute Gasteiger partial charge is 0.465 e. The second-order valence-corrected chi connectivity index (χ2v) is 4.57. The first-order valence-electron chi connectivity index (χ1n) is 4.27. The molecule has 0 aromatic rings. The molecule has 0 aliphatic rings. The van der Waals surface area contributed by atoms with Crippen molar-refractivity contribution in [2.45, 2.75) is 19.9 Å². The molecular formula is C7H16N2O4S. The normalized spacial score (nSPS) is 13.6. The standard InChI is InChI=1S/C7H16N2O4S/c1-3-13-7(10)5-14(11,12)9-6(2)4-8/h6,9H,3-5,8H2,1-2H3. The molecule has 7 heteroatoms. The highest BCUT2D eigenvalue weighted by Crippen LogP contribution is 1.90. The van der Waals surface area contributed by atoms with Crippen LogP contribution in [0.5, 0.6) is 0 Å². The molecule has 1 unspecified atom stereocenters. The first-order valence-corrected chi connectivity index (χ1v) is 5.92. The van der Waals surface area contributed by atoms with Crippen LogP contribution in [0.25, 0.3) is 0 Å². The Balaban J connectivity index is 4.14. The molecule has 0 fully saturated rings. The first kappa shape index (κ1) is 13.3. The van der Waals surface area contributed by atoms with Gasteiger partial charge in [-0.2, -0.15) is 0 Å². The van der Waals surface area contributed by atoms with Crippen molar-refractivity contribution in [2.24, 2.45) is 5.73 Å². The third-order valence-electron chi connectivity index (χ3n) is 1.35. The van der Waals surface area contributed by atoms with Crippen LogP contribution < -0.4 is 10.5 Å². The van der Waals surface area contributed by atoms with E-state index in [-0.39, 0.29) is 19.2 Å². The summed E-state index contributed by atoms with van der Waals surface area (Å²) in [5.41, 5.74) is 5.23. The van der Waals surface area contributed by atoms with Gasteiger partial charge in [0.2, 0.25) is 10.0 Å². The van der Waals surface area contributed by atoms with Gasteiger partial charge in [0.25, 0.3) is 0 Å². The van der Waals surface area contributed by atoms with Crippen molar-refractivity contribution in [3.05, 3.63) is 0 Å². The second-order valence-electron chi connectivity index (χ2n) is 2.82. The van der Waals surface area contributed by atoms with Crippen LogP contribution in [0, 0.1) is 0 Å². The van der Waals surface area contributed by atoms with Gasteiger partial charge in [-0.1, -0.05) is 0 Å². The first-order chi connectivity index (χ1) is 6.41. The van der Waals surface area contributed by atoms with E-state index < -0.39 is 21.7 Å². The summed E-state index contributed by atoms with van der Waals surface area (Å²) in [6.07, 6.45) is 0. The Morgan fingerprint density at radius 3 is 2.57 bits per heavy atom. The predicted octanol–water partition coefficient (Wildman–Crippen LogP) is -1.18. The molecule has 6 nitrogen and oxygen atoms in total. The van der Waals surface area contributed by atoms with Gasteiger partial charge in [0.1, 0.15) is 0 Å². The fourth-order valence-electron chi connectivity index (χ4n) is 0.754. The minimum absolute atomic E-state index is 0.167. The van der Waals surface area contributed by atoms with E-state index in [1.54, 1.807) is 13.8 Å². The Bertz CT molecular complexity index is 275. The highest BCUT2D eigenvalue weighted by atomic mass is 32.2. The highest BCUT2D eigenvalue weighted by Gasteiger charge is 2.18. The molecule has 0 aromatic heterocycles. The lowest BCUT2D eigenvalue weighted by molar-refractivity contribution is -0.139. The van der Waals surface area contributed by atoms with E-state index in [9.17, 15) is 13.2 Å². The van der Waals surface area contributed by atoms with E-state index in [2.05, 4.69) is 9.46 Å². The quantitative estimate of drug-likeness (QED) is 0.553. The number of hydrogen-bond acceptors (Lipinski definition) is 5. The van der Waals surface area contributed by atoms with E-state index in [1.807, 2.05) is 0 Å². The number of carbonyl (C=O) groups excluding carboxylic acids is 1. The maximum absolute atomic E-state index is 11.2. The molecule has 0 amide bonds. The monoisotopic (exact) mass is 224 g/mol. The van der Waals surface area contributed by atoms with E-state index >= 15 is 0 Å². The van der Waals surface area contributed by atoms with Crippen LogP contribution in [0.1, 0.15) is 13.8 Å². The van der Waals surface area contributed by atoms with Crippen molar-refractivity contribution in [3.63, 3.8) is 0 Å². The summed E-state index contributed by atoms with van der Waals surface area (Å²) in [7, 11) is -3.62. The zero-order chi connectivity index (χ0) is 11.2. The number of carbonyl (C=O) groups is 1. The molecule has 3 N–H and O–H groups in total. The highest BCUT2D eigenvalue weighted by molar-refractivity contribution is 7.90. The molecule has 1 atom stereocenters. The van der Waals surface area contributed by atoms with Crippen molar-refractivity contribution in [1.29, 1.82) is 0 Å². The van der Waals surface area contributed by atoms with E-state index in [1.165, 1.54) is 0 Å². The Hall–Kier alpha value is -0.660. The Morgan fingerprint density at radius 1 is 1.57 bits per heavy atom. The van der Waals surface area contributed by atoms with Crippen molar-refractivity contribution in [3.8, 4) is 0 Å². The number of rotatable bonds is 6. The van der Waals surface area contributed by atoms with Gasteiger partial charge < -0.3 is 10.5 Å². The van der Waals surface area contributed by atoms with Crippen LogP contribution in [0.15, 0.2) is 0 Å². The number of hydrogen-bond donors (Lipinski definition) is 2. The SMILES string of the molecule is CCOC(=O)CS(=O)(=O)NC(C)CN. The molecule has 14 heavy (non-hydrogen) atoms. The van der Waals surface area contributed by atoms with Crippen LogP contribution in [0.3, 0.4) is 0 Å². The minimum Gasteiger partial charge on any atom is -0.465 e. The molecule has 0 rings (SSSR count). The van der Waals surface area contributed by atoms with Crippen LogP contribution in [0.2, 0.25) is 0 Å². The lowest BCUT2D eigenvalue weighted by Crippen LogP contribution is -2.40. The fourth-order valence-corrected chi connectivity index (χ4v) is 1.94. The van der Waals surface area contributed by atoms with Gasteiger partial charge in [-0.25, -0.2) is 13.1 Å². The lowest BCUT2D eigenvalue weighted by Gasteiger charge is -2.10. The Morgan fingerprint density at radius 2 is 2.14 bits per heavy atom. The zero-order valence-electron chi connectivity index (χ0n) is 8.32. The molecule has 0 aliphatic heterocycles. The summed E-state index contributed by atoms with van der Waals surface area (Å²) < 4.78 is 29.2. The summed E-state index contributed by atoms with van der Waals surface area (Å²) >= 11 is 0. The van der Waals surface area contributed by atoms with Crippen LogP contribution >= 0.6 is 0 Å². The molecule has 0 heterocycles. The predicted molar refractivity (Wildman–Crippen MR) is 52.1 cm³/mol. The van der Waals surface area contributed by atoms with Gasteiger partial charge in [0, 0.05) is 12.6 Å². The van der Waals surface area contributed by atoms with Gasteiger partial charge >= 0.3 is 5.97 Å². The van der Waals surface area contributed by atoms with Gasteiger partial charge in [-0.3, -0.25) is 4.79 Å². The van der Waals surface area contributed by atoms with Crippen molar-refractivity contribution < 1.29 is 17.9 Å². The van der Waals surface area contributed by atoms with E-state index in [4.69, 9.17) is 5.73 Å². The zero-order valence-corrected chi connectivity index (χ0v) is 9.13. The van der Waals surface area contributed by atoms with Crippen molar-refractivity contribution in [1.82, 2.24) is 4.72 Å². The molecule has 0 aliphatic carbocycles. The smallest absolute Gasteiger partial charge is 0.322 e. The van der Waals surface area contributed by atoms with Crippen LogP contribution in [-0.2, 0) is 19.6 Å². The summed E-state index contributed by atoms with van der Waals surface area (Å²) in [6, 6.07) is -0.380. The van der Waals surface area contributed by atoms with Crippen molar-refractivity contribution >= 4 is 16.0 Å². The van der Waals surface area contributed by atoms with Gasteiger partial charge in [0.15, 0.2) is 5.75 Å². The number of nitrogens with two attached hydrogens (primary N) is 1. The number of nitrogens with one attached hydrogen (secondary N) is 1. The molecule has 0 saturated heterocycles. The topological polar surface area (TPSA) is 98.5 Å². The van der Waals surface area contributed by atoms with Crippen LogP contribution in [-0.4, -0.2) is 39.3 Å². The number of esters is 1. The van der Waals surface area contributed by atoms with Crippen LogP contribution in [0.4, 0.5) is 0 Å². The fraction of sp³-hybridized carbons (Fsp3) is 0.857. The summed E-state index contributed by atoms with van der Waals surface area (Å²) in [6.45, 7) is 3.58. The Labute approximate surface area is 83.9 Å². The van der Waals surface area contributed by atoms with Gasteiger partial charge in [-0.05, 0) is 13.8 Å². The summed E-state index contributed by atoms with van der Waals surface area (Å²) in [5, 5.41) is 0. The third kappa shape index (κ3) is 5.90. The second kappa shape index (κ2) is 5.94. The molecule has 0 spiro atoms. The average molecular weight is 224 g/mol. The minimum atomic E-state index is -3.62. The molecule has 0 radical (unpaired) electrons. The molecule has 0 bridgehead atoms. The number of sulfonamides is 1. The van der Waals surface area contributed by atoms with E-state index in [0.717, 1.165) is 0 Å². The summed E-state index contributed by atoms with van der Waals surface area (Å²) in [4.78, 5) is 10.9. The molecule has 0 saturated carbocycles. The maximum atomic E-state index is 11.2. The molecular weight excluding hydrogens is 208 g/mol. The molecule has 84 valence electrons. The number of ether oxygens (including phenoxy) is 1. The maximum Gasteiger partial charge on any atom is 0.322 e. The third-order valence-corrected chi connectivity index (χ3v) is 2.72. The average Bonchev–Trinajstić information content (AvgIpc) is 2.02. The Kier molecular flexibility index (Phi) is 5.66.